The number of anilines is 1. The first-order chi connectivity index (χ1) is 9.54. The first kappa shape index (κ1) is 12.8. The molecule has 2 nitrogen and oxygen atoms in total. The maximum atomic E-state index is 13.7. The lowest BCUT2D eigenvalue weighted by Gasteiger charge is -2.09. The summed E-state index contributed by atoms with van der Waals surface area (Å²) < 4.78 is 26.6. The summed E-state index contributed by atoms with van der Waals surface area (Å²) in [7, 11) is 0. The average Bonchev–Trinajstić information content (AvgIpc) is 2.74. The van der Waals surface area contributed by atoms with E-state index in [9.17, 15) is 13.6 Å². The number of nitrogen functional groups attached to an aromatic ring is 1. The van der Waals surface area contributed by atoms with Gasteiger partial charge in [-0.05, 0) is 41.3 Å². The van der Waals surface area contributed by atoms with Crippen LogP contribution in [0.5, 0.6) is 0 Å². The van der Waals surface area contributed by atoms with Crippen LogP contribution in [0.2, 0.25) is 0 Å². The van der Waals surface area contributed by atoms with Gasteiger partial charge in [-0.1, -0.05) is 6.07 Å². The monoisotopic (exact) mass is 273 g/mol. The van der Waals surface area contributed by atoms with E-state index in [-0.39, 0.29) is 12.2 Å². The summed E-state index contributed by atoms with van der Waals surface area (Å²) in [6, 6.07) is 7.00. The van der Waals surface area contributed by atoms with E-state index in [1.807, 2.05) is 0 Å². The molecule has 2 N–H and O–H groups in total. The Balaban J connectivity index is 1.99. The minimum Gasteiger partial charge on any atom is -0.398 e. The summed E-state index contributed by atoms with van der Waals surface area (Å²) in [5.41, 5.74) is 9.20. The third kappa shape index (κ3) is 2.18. The van der Waals surface area contributed by atoms with Gasteiger partial charge >= 0.3 is 0 Å². The van der Waals surface area contributed by atoms with Gasteiger partial charge in [0.15, 0.2) is 5.78 Å². The Hall–Kier alpha value is -2.23. The molecule has 3 rings (SSSR count). The van der Waals surface area contributed by atoms with Crippen LogP contribution in [0, 0.1) is 11.6 Å². The Morgan fingerprint density at radius 2 is 1.85 bits per heavy atom. The molecule has 0 spiro atoms. The lowest BCUT2D eigenvalue weighted by Crippen LogP contribution is -2.02. The molecule has 0 bridgehead atoms. The van der Waals surface area contributed by atoms with E-state index in [1.165, 1.54) is 12.1 Å². The topological polar surface area (TPSA) is 43.1 Å². The molecule has 1 aliphatic rings. The molecule has 0 atom stereocenters. The van der Waals surface area contributed by atoms with E-state index in [4.69, 9.17) is 5.73 Å². The van der Waals surface area contributed by atoms with Gasteiger partial charge in [0.2, 0.25) is 0 Å². The molecule has 0 radical (unpaired) electrons. The summed E-state index contributed by atoms with van der Waals surface area (Å²) >= 11 is 0. The number of halogens is 2. The van der Waals surface area contributed by atoms with Gasteiger partial charge < -0.3 is 5.73 Å². The second-order valence-corrected chi connectivity index (χ2v) is 5.04. The lowest BCUT2D eigenvalue weighted by molar-refractivity contribution is 0.0994. The summed E-state index contributed by atoms with van der Waals surface area (Å²) in [5.74, 6) is -1.11. The fourth-order valence-corrected chi connectivity index (χ4v) is 2.58. The number of rotatable bonds is 2. The van der Waals surface area contributed by atoms with Gasteiger partial charge in [-0.25, -0.2) is 8.78 Å². The maximum Gasteiger partial charge on any atom is 0.163 e. The highest BCUT2D eigenvalue weighted by atomic mass is 19.1. The van der Waals surface area contributed by atoms with Gasteiger partial charge in [-0.2, -0.15) is 0 Å². The smallest absolute Gasteiger partial charge is 0.163 e. The van der Waals surface area contributed by atoms with Crippen LogP contribution in [-0.4, -0.2) is 5.78 Å². The molecule has 4 heteroatoms. The predicted octanol–water partition coefficient (Wildman–Crippen LogP) is 3.27. The number of Topliss-reactive ketones (excluding diaryl/α,β-unsaturated/α-hetero) is 1. The molecule has 0 saturated heterocycles. The van der Waals surface area contributed by atoms with Gasteiger partial charge in [-0.3, -0.25) is 4.79 Å². The van der Waals surface area contributed by atoms with Gasteiger partial charge in [0.1, 0.15) is 11.6 Å². The number of benzene rings is 2. The molecule has 2 aromatic rings. The Bertz CT molecular complexity index is 710. The Morgan fingerprint density at radius 1 is 1.05 bits per heavy atom. The fraction of sp³-hybridized carbons (Fsp3) is 0.188. The molecule has 0 aromatic heterocycles. The number of hydrogen-bond donors (Lipinski definition) is 1. The third-order valence-corrected chi connectivity index (χ3v) is 3.68. The van der Waals surface area contributed by atoms with E-state index in [0.717, 1.165) is 11.6 Å². The van der Waals surface area contributed by atoms with Crippen molar-refractivity contribution in [3.05, 3.63) is 64.2 Å². The highest BCUT2D eigenvalue weighted by Crippen LogP contribution is 2.28. The number of carbonyl (C=O) groups is 1. The van der Waals surface area contributed by atoms with Crippen molar-refractivity contribution < 1.29 is 13.6 Å². The molecule has 20 heavy (non-hydrogen) atoms. The van der Waals surface area contributed by atoms with Crippen LogP contribution >= 0.6 is 0 Å². The van der Waals surface area contributed by atoms with Gasteiger partial charge in [0.25, 0.3) is 0 Å². The van der Waals surface area contributed by atoms with Crippen molar-refractivity contribution in [2.45, 2.75) is 19.3 Å². The summed E-state index contributed by atoms with van der Waals surface area (Å²) in [5, 5.41) is 0. The number of fused-ring (bicyclic) bond motifs is 1. The standard InChI is InChI=1S/C16H13F2NO/c17-12-3-1-10(14(18)8-12)5-11-6-13-9(7-15(11)19)2-4-16(13)20/h1,3,6-8H,2,4-5,19H2. The van der Waals surface area contributed by atoms with E-state index in [0.29, 0.717) is 35.2 Å². The number of nitrogens with two attached hydrogens (primary N) is 1. The van der Waals surface area contributed by atoms with Crippen LogP contribution in [-0.2, 0) is 12.8 Å². The molecule has 2 aromatic carbocycles. The predicted molar refractivity (Wildman–Crippen MR) is 72.7 cm³/mol. The molecule has 102 valence electrons. The van der Waals surface area contributed by atoms with Crippen molar-refractivity contribution in [2.75, 3.05) is 5.73 Å². The lowest BCUT2D eigenvalue weighted by atomic mass is 9.98. The summed E-state index contributed by atoms with van der Waals surface area (Å²) in [6.07, 6.45) is 1.46. The first-order valence-corrected chi connectivity index (χ1v) is 6.43. The fourth-order valence-electron chi connectivity index (χ4n) is 2.58. The molecule has 0 unspecified atom stereocenters. The second-order valence-electron chi connectivity index (χ2n) is 5.04. The SMILES string of the molecule is Nc1cc2c(cc1Cc1ccc(F)cc1F)C(=O)CC2. The molecular weight excluding hydrogens is 260 g/mol. The van der Waals surface area contributed by atoms with Gasteiger partial charge in [0.05, 0.1) is 0 Å². The van der Waals surface area contributed by atoms with Crippen molar-refractivity contribution in [1.82, 2.24) is 0 Å². The number of hydrogen-bond acceptors (Lipinski definition) is 2. The average molecular weight is 273 g/mol. The third-order valence-electron chi connectivity index (χ3n) is 3.68. The summed E-state index contributed by atoms with van der Waals surface area (Å²) in [4.78, 5) is 11.7. The minimum atomic E-state index is -0.608. The normalized spacial score (nSPS) is 13.6. The Kier molecular flexibility index (Phi) is 3.01. The van der Waals surface area contributed by atoms with E-state index in [2.05, 4.69) is 0 Å². The molecule has 0 amide bonds. The quantitative estimate of drug-likeness (QED) is 0.853. The van der Waals surface area contributed by atoms with Crippen LogP contribution in [0.15, 0.2) is 30.3 Å². The number of ketones is 1. The Labute approximate surface area is 115 Å². The molecule has 1 aliphatic carbocycles. The van der Waals surface area contributed by atoms with E-state index < -0.39 is 11.6 Å². The van der Waals surface area contributed by atoms with Crippen molar-refractivity contribution >= 4 is 11.5 Å². The zero-order valence-corrected chi connectivity index (χ0v) is 10.7. The molecular formula is C16H13F2NO. The van der Waals surface area contributed by atoms with Crippen LogP contribution in [0.1, 0.15) is 33.5 Å². The molecule has 0 heterocycles. The van der Waals surface area contributed by atoms with Crippen molar-refractivity contribution in [2.24, 2.45) is 0 Å². The van der Waals surface area contributed by atoms with Crippen molar-refractivity contribution in [1.29, 1.82) is 0 Å². The zero-order valence-electron chi connectivity index (χ0n) is 10.7. The van der Waals surface area contributed by atoms with Crippen LogP contribution in [0.25, 0.3) is 0 Å². The Morgan fingerprint density at radius 3 is 2.60 bits per heavy atom. The van der Waals surface area contributed by atoms with Crippen LogP contribution < -0.4 is 5.73 Å². The minimum absolute atomic E-state index is 0.0980. The second kappa shape index (κ2) is 4.71. The van der Waals surface area contributed by atoms with Crippen LogP contribution in [0.3, 0.4) is 0 Å². The first-order valence-electron chi connectivity index (χ1n) is 6.43. The molecule has 0 saturated carbocycles. The van der Waals surface area contributed by atoms with Crippen molar-refractivity contribution in [3.8, 4) is 0 Å². The summed E-state index contributed by atoms with van der Waals surface area (Å²) in [6.45, 7) is 0. The molecule has 0 aliphatic heterocycles. The zero-order chi connectivity index (χ0) is 14.3. The van der Waals surface area contributed by atoms with E-state index in [1.54, 1.807) is 12.1 Å². The molecule has 0 fully saturated rings. The maximum absolute atomic E-state index is 13.7. The number of aryl methyl sites for hydroxylation is 1. The van der Waals surface area contributed by atoms with E-state index >= 15 is 0 Å². The highest BCUT2D eigenvalue weighted by Gasteiger charge is 2.21. The van der Waals surface area contributed by atoms with Crippen molar-refractivity contribution in [3.63, 3.8) is 0 Å². The van der Waals surface area contributed by atoms with Gasteiger partial charge in [0, 0.05) is 30.2 Å². The highest BCUT2D eigenvalue weighted by molar-refractivity contribution is 6.01. The van der Waals surface area contributed by atoms with Crippen LogP contribution in [0.4, 0.5) is 14.5 Å². The van der Waals surface area contributed by atoms with Gasteiger partial charge in [-0.15, -0.1) is 0 Å². The largest absolute Gasteiger partial charge is 0.398 e. The number of carbonyl (C=O) groups excluding carboxylic acids is 1.